The molecule has 1 aliphatic rings. The number of nitro benzene ring substituents is 1. The summed E-state index contributed by atoms with van der Waals surface area (Å²) in [4.78, 5) is 10.4. The van der Waals surface area contributed by atoms with Crippen molar-refractivity contribution >= 4 is 15.7 Å². The van der Waals surface area contributed by atoms with Gasteiger partial charge in [0.15, 0.2) is 0 Å². The van der Waals surface area contributed by atoms with Crippen LogP contribution < -0.4 is 0 Å². The summed E-state index contributed by atoms with van der Waals surface area (Å²) in [5.74, 6) is 0.463. The lowest BCUT2D eigenvalue weighted by Crippen LogP contribution is -2.34. The fourth-order valence-electron chi connectivity index (χ4n) is 2.32. The summed E-state index contributed by atoms with van der Waals surface area (Å²) in [6.45, 7) is 4.57. The zero-order valence-electron chi connectivity index (χ0n) is 12.3. The van der Waals surface area contributed by atoms with Gasteiger partial charge in [-0.1, -0.05) is 6.92 Å². The number of nitro groups is 1. The molecule has 116 valence electrons. The highest BCUT2D eigenvalue weighted by Crippen LogP contribution is 2.32. The third-order valence-electron chi connectivity index (χ3n) is 3.62. The SMILES string of the molecule is CCCN(CC1CC1)S(=O)(=O)c1ccc([N+](=O)[O-])cc1C. The molecule has 1 aromatic rings. The lowest BCUT2D eigenvalue weighted by atomic mass is 10.2. The highest BCUT2D eigenvalue weighted by atomic mass is 32.2. The normalized spacial score (nSPS) is 15.4. The molecular weight excluding hydrogens is 292 g/mol. The van der Waals surface area contributed by atoms with Gasteiger partial charge in [-0.05, 0) is 43.7 Å². The van der Waals surface area contributed by atoms with Crippen molar-refractivity contribution < 1.29 is 13.3 Å². The number of rotatable bonds is 7. The summed E-state index contributed by atoms with van der Waals surface area (Å²) < 4.78 is 27.0. The van der Waals surface area contributed by atoms with Crippen LogP contribution in [0.1, 0.15) is 31.7 Å². The molecule has 1 aromatic carbocycles. The number of aryl methyl sites for hydroxylation is 1. The lowest BCUT2D eigenvalue weighted by Gasteiger charge is -2.22. The van der Waals surface area contributed by atoms with Crippen LogP contribution in [0.5, 0.6) is 0 Å². The maximum atomic E-state index is 12.7. The Bertz CT molecular complexity index is 638. The predicted octanol–water partition coefficient (Wildman–Crippen LogP) is 2.71. The predicted molar refractivity (Wildman–Crippen MR) is 79.6 cm³/mol. The first-order chi connectivity index (χ1) is 9.86. The van der Waals surface area contributed by atoms with Gasteiger partial charge in [0.2, 0.25) is 10.0 Å². The first-order valence-corrected chi connectivity index (χ1v) is 8.55. The van der Waals surface area contributed by atoms with Gasteiger partial charge in [-0.15, -0.1) is 0 Å². The molecule has 2 rings (SSSR count). The van der Waals surface area contributed by atoms with Crippen LogP contribution in [0, 0.1) is 23.0 Å². The molecule has 0 radical (unpaired) electrons. The Hall–Kier alpha value is -1.47. The molecule has 0 atom stereocenters. The van der Waals surface area contributed by atoms with E-state index in [1.807, 2.05) is 6.92 Å². The molecule has 6 nitrogen and oxygen atoms in total. The Labute approximate surface area is 125 Å². The van der Waals surface area contributed by atoms with Crippen LogP contribution >= 0.6 is 0 Å². The van der Waals surface area contributed by atoms with Crippen LogP contribution in [0.15, 0.2) is 23.1 Å². The van der Waals surface area contributed by atoms with Crippen LogP contribution in [0.2, 0.25) is 0 Å². The lowest BCUT2D eigenvalue weighted by molar-refractivity contribution is -0.385. The van der Waals surface area contributed by atoms with Gasteiger partial charge in [-0.2, -0.15) is 4.31 Å². The molecule has 0 unspecified atom stereocenters. The van der Waals surface area contributed by atoms with Crippen molar-refractivity contribution in [3.8, 4) is 0 Å². The molecule has 1 fully saturated rings. The standard InChI is InChI=1S/C14H20N2O4S/c1-3-8-15(10-12-4-5-12)21(19,20)14-7-6-13(16(17)18)9-11(14)2/h6-7,9,12H,3-5,8,10H2,1-2H3. The second kappa shape index (κ2) is 6.11. The number of hydrogen-bond acceptors (Lipinski definition) is 4. The maximum absolute atomic E-state index is 12.7. The highest BCUT2D eigenvalue weighted by molar-refractivity contribution is 7.89. The monoisotopic (exact) mass is 312 g/mol. The zero-order valence-corrected chi connectivity index (χ0v) is 13.1. The van der Waals surface area contributed by atoms with Gasteiger partial charge >= 0.3 is 0 Å². The Balaban J connectivity index is 2.34. The maximum Gasteiger partial charge on any atom is 0.269 e. The minimum absolute atomic E-state index is 0.0873. The third kappa shape index (κ3) is 3.59. The third-order valence-corrected chi connectivity index (χ3v) is 5.64. The summed E-state index contributed by atoms with van der Waals surface area (Å²) in [6, 6.07) is 3.91. The molecule has 0 aromatic heterocycles. The highest BCUT2D eigenvalue weighted by Gasteiger charge is 2.32. The van der Waals surface area contributed by atoms with Gasteiger partial charge in [0.1, 0.15) is 0 Å². The van der Waals surface area contributed by atoms with Crippen molar-refractivity contribution in [2.24, 2.45) is 5.92 Å². The van der Waals surface area contributed by atoms with Crippen molar-refractivity contribution in [3.05, 3.63) is 33.9 Å². The number of sulfonamides is 1. The summed E-state index contributed by atoms with van der Waals surface area (Å²) in [7, 11) is -3.58. The topological polar surface area (TPSA) is 80.5 Å². The Morgan fingerprint density at radius 2 is 2.05 bits per heavy atom. The molecule has 1 saturated carbocycles. The second-order valence-corrected chi connectivity index (χ2v) is 7.42. The van der Waals surface area contributed by atoms with Gasteiger partial charge in [0.05, 0.1) is 9.82 Å². The number of non-ortho nitro benzene ring substituents is 1. The van der Waals surface area contributed by atoms with Crippen LogP contribution in [-0.2, 0) is 10.0 Å². The molecule has 0 bridgehead atoms. The van der Waals surface area contributed by atoms with Gasteiger partial charge in [0, 0.05) is 25.2 Å². The quantitative estimate of drug-likeness (QED) is 0.572. The van der Waals surface area contributed by atoms with Crippen molar-refractivity contribution in [3.63, 3.8) is 0 Å². The fourth-order valence-corrected chi connectivity index (χ4v) is 4.14. The van der Waals surface area contributed by atoms with E-state index in [2.05, 4.69) is 0 Å². The van der Waals surface area contributed by atoms with Crippen LogP contribution in [-0.4, -0.2) is 30.7 Å². The van der Waals surface area contributed by atoms with Crippen molar-refractivity contribution in [1.29, 1.82) is 0 Å². The summed E-state index contributed by atoms with van der Waals surface area (Å²) in [5, 5.41) is 10.7. The van der Waals surface area contributed by atoms with Crippen LogP contribution in [0.3, 0.4) is 0 Å². The Morgan fingerprint density at radius 1 is 1.38 bits per heavy atom. The van der Waals surface area contributed by atoms with Crippen molar-refractivity contribution in [2.45, 2.75) is 38.0 Å². The van der Waals surface area contributed by atoms with Gasteiger partial charge < -0.3 is 0 Å². The number of benzene rings is 1. The Morgan fingerprint density at radius 3 is 2.52 bits per heavy atom. The van der Waals surface area contributed by atoms with E-state index in [0.717, 1.165) is 19.3 Å². The smallest absolute Gasteiger partial charge is 0.258 e. The van der Waals surface area contributed by atoms with E-state index >= 15 is 0 Å². The minimum Gasteiger partial charge on any atom is -0.258 e. The van der Waals surface area contributed by atoms with E-state index in [9.17, 15) is 18.5 Å². The van der Waals surface area contributed by atoms with Gasteiger partial charge in [-0.25, -0.2) is 8.42 Å². The molecule has 0 N–H and O–H groups in total. The van der Waals surface area contributed by atoms with E-state index in [-0.39, 0.29) is 10.6 Å². The van der Waals surface area contributed by atoms with E-state index in [4.69, 9.17) is 0 Å². The Kier molecular flexibility index (Phi) is 4.63. The summed E-state index contributed by atoms with van der Waals surface area (Å²) in [5.41, 5.74) is 0.330. The van der Waals surface area contributed by atoms with E-state index < -0.39 is 14.9 Å². The van der Waals surface area contributed by atoms with E-state index in [1.165, 1.54) is 22.5 Å². The van der Waals surface area contributed by atoms with Crippen LogP contribution in [0.4, 0.5) is 5.69 Å². The number of nitrogens with zero attached hydrogens (tertiary/aromatic N) is 2. The molecule has 7 heteroatoms. The molecule has 0 heterocycles. The van der Waals surface area contributed by atoms with Crippen LogP contribution in [0.25, 0.3) is 0 Å². The molecule has 0 amide bonds. The molecule has 1 aliphatic carbocycles. The van der Waals surface area contributed by atoms with Crippen molar-refractivity contribution in [2.75, 3.05) is 13.1 Å². The molecule has 0 aliphatic heterocycles. The van der Waals surface area contributed by atoms with E-state index in [1.54, 1.807) is 6.92 Å². The number of hydrogen-bond donors (Lipinski definition) is 0. The molecule has 0 spiro atoms. The average Bonchev–Trinajstić information content (AvgIpc) is 3.21. The summed E-state index contributed by atoms with van der Waals surface area (Å²) >= 11 is 0. The van der Waals surface area contributed by atoms with Gasteiger partial charge in [0.25, 0.3) is 5.69 Å². The fraction of sp³-hybridized carbons (Fsp3) is 0.571. The average molecular weight is 312 g/mol. The largest absolute Gasteiger partial charge is 0.269 e. The first-order valence-electron chi connectivity index (χ1n) is 7.11. The summed E-state index contributed by atoms with van der Waals surface area (Å²) in [6.07, 6.45) is 2.90. The van der Waals surface area contributed by atoms with Crippen molar-refractivity contribution in [1.82, 2.24) is 4.31 Å². The molecular formula is C14H20N2O4S. The molecule has 0 saturated heterocycles. The minimum atomic E-state index is -3.58. The first kappa shape index (κ1) is 15.9. The zero-order chi connectivity index (χ0) is 15.6. The molecule has 21 heavy (non-hydrogen) atoms. The second-order valence-electron chi connectivity index (χ2n) is 5.51. The van der Waals surface area contributed by atoms with Gasteiger partial charge in [-0.3, -0.25) is 10.1 Å². The van der Waals surface area contributed by atoms with E-state index in [0.29, 0.717) is 24.6 Å².